The number of nitrogens with zero attached hydrogens (tertiary/aromatic N) is 1. The number of thiazole rings is 1. The van der Waals surface area contributed by atoms with Gasteiger partial charge >= 0.3 is 0 Å². The second-order valence-electron chi connectivity index (χ2n) is 4.59. The van der Waals surface area contributed by atoms with E-state index in [2.05, 4.69) is 21.0 Å². The maximum absolute atomic E-state index is 4.52. The van der Waals surface area contributed by atoms with Crippen molar-refractivity contribution in [2.24, 2.45) is 0 Å². The molecule has 82 valence electrons. The van der Waals surface area contributed by atoms with E-state index in [1.807, 2.05) is 6.20 Å². The summed E-state index contributed by atoms with van der Waals surface area (Å²) in [5, 5.41) is 10.6. The molecule has 3 nitrogen and oxygen atoms in total. The second kappa shape index (κ2) is 3.85. The number of nitrogens with one attached hydrogen (secondary N) is 2. The highest BCUT2D eigenvalue weighted by molar-refractivity contribution is 7.09. The summed E-state index contributed by atoms with van der Waals surface area (Å²) < 4.78 is 0. The van der Waals surface area contributed by atoms with Crippen molar-refractivity contribution in [2.75, 3.05) is 13.1 Å². The molecule has 1 aliphatic carbocycles. The molecular weight excluding hydrogens is 206 g/mol. The molecular formula is C11H17N3S. The summed E-state index contributed by atoms with van der Waals surface area (Å²) in [5.74, 6) is 0. The van der Waals surface area contributed by atoms with Crippen molar-refractivity contribution in [3.05, 3.63) is 16.6 Å². The highest BCUT2D eigenvalue weighted by Gasteiger charge is 2.40. The highest BCUT2D eigenvalue weighted by atomic mass is 32.1. The van der Waals surface area contributed by atoms with Crippen LogP contribution in [0.4, 0.5) is 0 Å². The minimum Gasteiger partial charge on any atom is -0.317 e. The second-order valence-corrected chi connectivity index (χ2v) is 5.48. The van der Waals surface area contributed by atoms with Gasteiger partial charge in [-0.1, -0.05) is 0 Å². The molecule has 0 unspecified atom stereocenters. The molecule has 2 heterocycles. The van der Waals surface area contributed by atoms with Gasteiger partial charge in [0.2, 0.25) is 0 Å². The molecule has 0 radical (unpaired) electrons. The third-order valence-corrected chi connectivity index (χ3v) is 4.33. The van der Waals surface area contributed by atoms with E-state index in [0.717, 1.165) is 19.1 Å². The Morgan fingerprint density at radius 1 is 1.40 bits per heavy atom. The third-order valence-electron chi connectivity index (χ3n) is 3.36. The Morgan fingerprint density at radius 3 is 2.80 bits per heavy atom. The first kappa shape index (κ1) is 9.75. The molecule has 4 heteroatoms. The van der Waals surface area contributed by atoms with Gasteiger partial charge in [0.25, 0.3) is 0 Å². The van der Waals surface area contributed by atoms with Gasteiger partial charge in [-0.2, -0.15) is 0 Å². The topological polar surface area (TPSA) is 37.0 Å². The number of piperidine rings is 1. The Bertz CT molecular complexity index is 313. The molecule has 0 bridgehead atoms. The lowest BCUT2D eigenvalue weighted by Crippen LogP contribution is -2.50. The molecule has 1 saturated carbocycles. The van der Waals surface area contributed by atoms with E-state index in [4.69, 9.17) is 0 Å². The first-order valence-electron chi connectivity index (χ1n) is 5.77. The molecule has 1 aromatic rings. The van der Waals surface area contributed by atoms with Gasteiger partial charge in [0, 0.05) is 17.6 Å². The van der Waals surface area contributed by atoms with Crippen molar-refractivity contribution in [3.8, 4) is 0 Å². The monoisotopic (exact) mass is 223 g/mol. The van der Waals surface area contributed by atoms with Crippen LogP contribution in [-0.2, 0) is 5.54 Å². The SMILES string of the molecule is c1csc(C2(NC3CC3)CCNCC2)n1. The zero-order valence-electron chi connectivity index (χ0n) is 8.83. The molecule has 0 aromatic carbocycles. The van der Waals surface area contributed by atoms with Gasteiger partial charge in [-0.15, -0.1) is 11.3 Å². The van der Waals surface area contributed by atoms with E-state index in [1.165, 1.54) is 30.7 Å². The van der Waals surface area contributed by atoms with Crippen molar-refractivity contribution in [2.45, 2.75) is 37.3 Å². The van der Waals surface area contributed by atoms with Crippen molar-refractivity contribution in [1.29, 1.82) is 0 Å². The fourth-order valence-electron chi connectivity index (χ4n) is 2.35. The third kappa shape index (κ3) is 1.94. The summed E-state index contributed by atoms with van der Waals surface area (Å²) in [4.78, 5) is 4.52. The van der Waals surface area contributed by atoms with E-state index >= 15 is 0 Å². The number of aromatic nitrogens is 1. The van der Waals surface area contributed by atoms with Gasteiger partial charge in [-0.05, 0) is 38.8 Å². The average molecular weight is 223 g/mol. The van der Waals surface area contributed by atoms with Gasteiger partial charge < -0.3 is 10.6 Å². The summed E-state index contributed by atoms with van der Waals surface area (Å²) >= 11 is 1.80. The van der Waals surface area contributed by atoms with E-state index in [9.17, 15) is 0 Å². The summed E-state index contributed by atoms with van der Waals surface area (Å²) in [6, 6.07) is 0.756. The summed E-state index contributed by atoms with van der Waals surface area (Å²) in [6.45, 7) is 2.22. The lowest BCUT2D eigenvalue weighted by Gasteiger charge is -2.37. The van der Waals surface area contributed by atoms with Crippen LogP contribution < -0.4 is 10.6 Å². The minimum atomic E-state index is 0.181. The standard InChI is InChI=1S/C11H17N3S/c1-2-9(1)14-11(3-5-12-6-4-11)10-13-7-8-15-10/h7-9,12,14H,1-6H2. The molecule has 3 rings (SSSR count). The number of rotatable bonds is 3. The molecule has 2 fully saturated rings. The normalized spacial score (nSPS) is 25.3. The van der Waals surface area contributed by atoms with Crippen molar-refractivity contribution >= 4 is 11.3 Å². The van der Waals surface area contributed by atoms with E-state index < -0.39 is 0 Å². The first-order valence-corrected chi connectivity index (χ1v) is 6.65. The predicted molar refractivity (Wildman–Crippen MR) is 62.1 cm³/mol. The lowest BCUT2D eigenvalue weighted by atomic mass is 9.88. The quantitative estimate of drug-likeness (QED) is 0.815. The molecule has 15 heavy (non-hydrogen) atoms. The van der Waals surface area contributed by atoms with Crippen LogP contribution in [0.5, 0.6) is 0 Å². The molecule has 1 saturated heterocycles. The van der Waals surface area contributed by atoms with E-state index in [0.29, 0.717) is 0 Å². The maximum atomic E-state index is 4.52. The van der Waals surface area contributed by atoms with Gasteiger partial charge in [0.15, 0.2) is 0 Å². The fourth-order valence-corrected chi connectivity index (χ4v) is 3.21. The van der Waals surface area contributed by atoms with Gasteiger partial charge in [-0.25, -0.2) is 4.98 Å². The van der Waals surface area contributed by atoms with Gasteiger partial charge in [0.1, 0.15) is 5.01 Å². The zero-order valence-corrected chi connectivity index (χ0v) is 9.65. The molecule has 2 N–H and O–H groups in total. The van der Waals surface area contributed by atoms with Crippen LogP contribution in [0, 0.1) is 0 Å². The van der Waals surface area contributed by atoms with Crippen LogP contribution in [0.3, 0.4) is 0 Å². The Morgan fingerprint density at radius 2 is 2.20 bits per heavy atom. The largest absolute Gasteiger partial charge is 0.317 e. The lowest BCUT2D eigenvalue weighted by molar-refractivity contribution is 0.242. The van der Waals surface area contributed by atoms with Crippen LogP contribution in [0.25, 0.3) is 0 Å². The number of hydrogen-bond donors (Lipinski definition) is 2. The smallest absolute Gasteiger partial charge is 0.113 e. The zero-order chi connectivity index (χ0) is 10.1. The minimum absolute atomic E-state index is 0.181. The molecule has 0 spiro atoms. The molecule has 0 amide bonds. The van der Waals surface area contributed by atoms with Crippen molar-refractivity contribution in [3.63, 3.8) is 0 Å². The Balaban J connectivity index is 1.84. The summed E-state index contributed by atoms with van der Waals surface area (Å²) in [5.41, 5.74) is 0.181. The summed E-state index contributed by atoms with van der Waals surface area (Å²) in [7, 11) is 0. The molecule has 1 aliphatic heterocycles. The summed E-state index contributed by atoms with van der Waals surface area (Å²) in [6.07, 6.45) is 6.98. The van der Waals surface area contributed by atoms with Crippen LogP contribution in [0.2, 0.25) is 0 Å². The van der Waals surface area contributed by atoms with Crippen molar-refractivity contribution < 1.29 is 0 Å². The Kier molecular flexibility index (Phi) is 2.50. The van der Waals surface area contributed by atoms with Crippen LogP contribution in [0.1, 0.15) is 30.7 Å². The van der Waals surface area contributed by atoms with Crippen LogP contribution >= 0.6 is 11.3 Å². The van der Waals surface area contributed by atoms with Crippen LogP contribution in [-0.4, -0.2) is 24.1 Å². The van der Waals surface area contributed by atoms with E-state index in [1.54, 1.807) is 11.3 Å². The number of hydrogen-bond acceptors (Lipinski definition) is 4. The highest BCUT2D eigenvalue weighted by Crippen LogP contribution is 2.35. The van der Waals surface area contributed by atoms with Crippen LogP contribution in [0.15, 0.2) is 11.6 Å². The average Bonchev–Trinajstić information content (AvgIpc) is 2.91. The van der Waals surface area contributed by atoms with Gasteiger partial charge in [-0.3, -0.25) is 0 Å². The Hall–Kier alpha value is -0.450. The molecule has 1 aromatic heterocycles. The van der Waals surface area contributed by atoms with E-state index in [-0.39, 0.29) is 5.54 Å². The fraction of sp³-hybridized carbons (Fsp3) is 0.727. The first-order chi connectivity index (χ1) is 7.39. The van der Waals surface area contributed by atoms with Gasteiger partial charge in [0.05, 0.1) is 5.54 Å². The predicted octanol–water partition coefficient (Wildman–Crippen LogP) is 1.47. The molecule has 2 aliphatic rings. The maximum Gasteiger partial charge on any atom is 0.113 e. The Labute approximate surface area is 94.3 Å². The molecule has 0 atom stereocenters. The van der Waals surface area contributed by atoms with Crippen molar-refractivity contribution in [1.82, 2.24) is 15.6 Å².